The second-order valence-electron chi connectivity index (χ2n) is 4.43. The topological polar surface area (TPSA) is 42.0 Å². The van der Waals surface area contributed by atoms with Crippen LogP contribution in [0.4, 0.5) is 10.2 Å². The van der Waals surface area contributed by atoms with Gasteiger partial charge in [-0.25, -0.2) is 9.37 Å². The molecule has 1 heterocycles. The number of nitrogens with zero attached hydrogens (tertiary/aromatic N) is 1. The summed E-state index contributed by atoms with van der Waals surface area (Å²) in [5.74, 6) is -0.602. The van der Waals surface area contributed by atoms with Crippen molar-refractivity contribution in [2.45, 2.75) is 6.42 Å². The minimum atomic E-state index is -0.621. The number of fused-ring (bicyclic) bond motifs is 1. The van der Waals surface area contributed by atoms with Gasteiger partial charge in [-0.15, -0.1) is 0 Å². The van der Waals surface area contributed by atoms with Crippen molar-refractivity contribution >= 4 is 29.4 Å². The van der Waals surface area contributed by atoms with Crippen molar-refractivity contribution < 1.29 is 9.18 Å². The highest BCUT2D eigenvalue weighted by Gasteiger charge is 2.12. The third-order valence-corrected chi connectivity index (χ3v) is 3.36. The van der Waals surface area contributed by atoms with Gasteiger partial charge in [0, 0.05) is 5.56 Å². The number of carbonyl (C=O) groups excluding carboxylic acids is 1. The van der Waals surface area contributed by atoms with Gasteiger partial charge in [0.2, 0.25) is 0 Å². The molecule has 20 heavy (non-hydrogen) atoms. The van der Waals surface area contributed by atoms with E-state index in [0.717, 1.165) is 23.7 Å². The first-order valence-electron chi connectivity index (χ1n) is 6.06. The summed E-state index contributed by atoms with van der Waals surface area (Å²) in [6.45, 7) is 0. The normalized spacial score (nSPS) is 12.3. The van der Waals surface area contributed by atoms with Crippen LogP contribution >= 0.6 is 11.6 Å². The highest BCUT2D eigenvalue weighted by atomic mass is 35.5. The van der Waals surface area contributed by atoms with Crippen LogP contribution in [0, 0.1) is 5.82 Å². The molecule has 0 aliphatic heterocycles. The number of hydrogen-bond acceptors (Lipinski definition) is 2. The molecule has 1 aromatic carbocycles. The summed E-state index contributed by atoms with van der Waals surface area (Å²) < 4.78 is 13.3. The van der Waals surface area contributed by atoms with Gasteiger partial charge in [-0.05, 0) is 42.3 Å². The predicted molar refractivity (Wildman–Crippen MR) is 76.3 cm³/mol. The van der Waals surface area contributed by atoms with E-state index in [2.05, 4.69) is 10.3 Å². The van der Waals surface area contributed by atoms with Crippen molar-refractivity contribution in [3.63, 3.8) is 0 Å². The van der Waals surface area contributed by atoms with Crippen LogP contribution in [0.25, 0.3) is 6.08 Å². The van der Waals surface area contributed by atoms with Gasteiger partial charge < -0.3 is 5.32 Å². The molecule has 2 aromatic rings. The number of allylic oxidation sites excluding steroid dienone is 1. The molecule has 1 N–H and O–H groups in total. The molecule has 100 valence electrons. The Morgan fingerprint density at radius 1 is 1.30 bits per heavy atom. The molecule has 0 unspecified atom stereocenters. The third kappa shape index (κ3) is 2.42. The zero-order valence-electron chi connectivity index (χ0n) is 10.4. The van der Waals surface area contributed by atoms with Crippen molar-refractivity contribution in [3.8, 4) is 0 Å². The van der Waals surface area contributed by atoms with E-state index in [1.54, 1.807) is 6.07 Å². The summed E-state index contributed by atoms with van der Waals surface area (Å²) in [6, 6.07) is 7.57. The predicted octanol–water partition coefficient (Wildman–Crippen LogP) is 3.70. The van der Waals surface area contributed by atoms with Crippen molar-refractivity contribution in [2.75, 3.05) is 5.32 Å². The second kappa shape index (κ2) is 5.06. The van der Waals surface area contributed by atoms with Crippen LogP contribution < -0.4 is 5.32 Å². The third-order valence-electron chi connectivity index (χ3n) is 3.05. The van der Waals surface area contributed by atoms with Crippen LogP contribution in [-0.2, 0) is 6.42 Å². The Bertz CT molecular complexity index is 728. The summed E-state index contributed by atoms with van der Waals surface area (Å²) >= 11 is 5.58. The fourth-order valence-corrected chi connectivity index (χ4v) is 2.13. The number of anilines is 1. The number of pyridine rings is 1. The van der Waals surface area contributed by atoms with Crippen LogP contribution in [0.2, 0.25) is 5.02 Å². The zero-order chi connectivity index (χ0) is 14.1. The Kier molecular flexibility index (Phi) is 3.24. The number of nitrogens with one attached hydrogen (secondary N) is 1. The summed E-state index contributed by atoms with van der Waals surface area (Å²) in [5, 5.41) is 2.63. The van der Waals surface area contributed by atoms with Crippen LogP contribution in [0.1, 0.15) is 21.6 Å². The highest BCUT2D eigenvalue weighted by molar-refractivity contribution is 6.30. The highest BCUT2D eigenvalue weighted by Crippen LogP contribution is 2.20. The molecular formula is C15H10ClFN2O. The molecule has 1 aromatic heterocycles. The van der Waals surface area contributed by atoms with Crippen LogP contribution in [0.15, 0.2) is 36.4 Å². The Hall–Kier alpha value is -2.20. The summed E-state index contributed by atoms with van der Waals surface area (Å²) in [5.41, 5.74) is 2.18. The summed E-state index contributed by atoms with van der Waals surface area (Å²) in [6.07, 6.45) is 4.78. The molecule has 1 amide bonds. The van der Waals surface area contributed by atoms with Gasteiger partial charge in [-0.3, -0.25) is 4.79 Å². The van der Waals surface area contributed by atoms with Gasteiger partial charge in [-0.1, -0.05) is 23.7 Å². The van der Waals surface area contributed by atoms with Crippen molar-refractivity contribution in [1.82, 2.24) is 4.98 Å². The maximum absolute atomic E-state index is 13.3. The minimum absolute atomic E-state index is 0.0117. The van der Waals surface area contributed by atoms with E-state index in [4.69, 9.17) is 11.6 Å². The second-order valence-corrected chi connectivity index (χ2v) is 4.84. The Morgan fingerprint density at radius 3 is 2.95 bits per heavy atom. The first-order chi connectivity index (χ1) is 9.63. The van der Waals surface area contributed by atoms with E-state index >= 15 is 0 Å². The lowest BCUT2D eigenvalue weighted by molar-refractivity contribution is 0.102. The molecule has 0 fully saturated rings. The fraction of sp³-hybridized carbons (Fsp3) is 0.0667. The average molecular weight is 289 g/mol. The van der Waals surface area contributed by atoms with E-state index in [1.807, 2.05) is 18.2 Å². The Balaban J connectivity index is 1.82. The molecule has 1 aliphatic rings. The maximum Gasteiger partial charge on any atom is 0.256 e. The largest absolute Gasteiger partial charge is 0.307 e. The molecule has 0 atom stereocenters. The number of benzene rings is 1. The number of carbonyl (C=O) groups is 1. The number of halogens is 2. The molecule has 5 heteroatoms. The Morgan fingerprint density at radius 2 is 2.15 bits per heavy atom. The molecule has 0 radical (unpaired) electrons. The molecule has 3 rings (SSSR count). The first-order valence-corrected chi connectivity index (χ1v) is 6.44. The van der Waals surface area contributed by atoms with Crippen LogP contribution in [0.3, 0.4) is 0 Å². The first kappa shape index (κ1) is 12.8. The molecular weight excluding hydrogens is 279 g/mol. The van der Waals surface area contributed by atoms with Gasteiger partial charge in [0.15, 0.2) is 0 Å². The monoisotopic (exact) mass is 288 g/mol. The van der Waals surface area contributed by atoms with Gasteiger partial charge in [0.1, 0.15) is 11.6 Å². The van der Waals surface area contributed by atoms with Crippen molar-refractivity contribution in [1.29, 1.82) is 0 Å². The Labute approximate surface area is 120 Å². The van der Waals surface area contributed by atoms with Gasteiger partial charge in [-0.2, -0.15) is 0 Å². The van der Waals surface area contributed by atoms with E-state index < -0.39 is 11.7 Å². The standard InChI is InChI=1S/C15H10ClFN2O/c16-11-6-4-10(8-12(11)17)15(20)19-14-7-5-9-2-1-3-13(9)18-14/h1,3-8H,2H2,(H,18,19,20). The molecule has 0 saturated carbocycles. The lowest BCUT2D eigenvalue weighted by Crippen LogP contribution is -2.13. The lowest BCUT2D eigenvalue weighted by Gasteiger charge is -2.06. The number of amides is 1. The van der Waals surface area contributed by atoms with Gasteiger partial charge >= 0.3 is 0 Å². The van der Waals surface area contributed by atoms with Crippen LogP contribution in [-0.4, -0.2) is 10.9 Å². The van der Waals surface area contributed by atoms with Crippen LogP contribution in [0.5, 0.6) is 0 Å². The SMILES string of the molecule is O=C(Nc1ccc2c(n1)C=CC2)c1ccc(Cl)c(F)c1. The smallest absolute Gasteiger partial charge is 0.256 e. The van der Waals surface area contributed by atoms with Crippen molar-refractivity contribution in [2.24, 2.45) is 0 Å². The van der Waals surface area contributed by atoms with Gasteiger partial charge in [0.05, 0.1) is 10.7 Å². The summed E-state index contributed by atoms with van der Waals surface area (Å²) in [7, 11) is 0. The number of rotatable bonds is 2. The average Bonchev–Trinajstić information content (AvgIpc) is 2.89. The van der Waals surface area contributed by atoms with E-state index in [9.17, 15) is 9.18 Å². The number of hydrogen-bond donors (Lipinski definition) is 1. The zero-order valence-corrected chi connectivity index (χ0v) is 11.1. The van der Waals surface area contributed by atoms with Crippen molar-refractivity contribution in [3.05, 3.63) is 64.1 Å². The maximum atomic E-state index is 13.3. The van der Waals surface area contributed by atoms with Gasteiger partial charge in [0.25, 0.3) is 5.91 Å². The summed E-state index contributed by atoms with van der Waals surface area (Å²) in [4.78, 5) is 16.3. The van der Waals surface area contributed by atoms with E-state index in [1.165, 1.54) is 12.1 Å². The lowest BCUT2D eigenvalue weighted by atomic mass is 10.2. The molecule has 0 spiro atoms. The minimum Gasteiger partial charge on any atom is -0.307 e. The molecule has 0 bridgehead atoms. The number of aromatic nitrogens is 1. The van der Waals surface area contributed by atoms with E-state index in [0.29, 0.717) is 5.82 Å². The molecule has 1 aliphatic carbocycles. The van der Waals surface area contributed by atoms with E-state index in [-0.39, 0.29) is 10.6 Å². The molecule has 3 nitrogen and oxygen atoms in total. The molecule has 0 saturated heterocycles. The quantitative estimate of drug-likeness (QED) is 0.915. The fourth-order valence-electron chi connectivity index (χ4n) is 2.01.